The maximum absolute atomic E-state index is 12.9. The first-order chi connectivity index (χ1) is 19.7. The molecule has 0 spiro atoms. The fraction of sp³-hybridized carbons (Fsp3) is 0.229. The van der Waals surface area contributed by atoms with Crippen LogP contribution in [0.1, 0.15) is 36.6 Å². The van der Waals surface area contributed by atoms with E-state index in [9.17, 15) is 8.42 Å². The van der Waals surface area contributed by atoms with Gasteiger partial charge in [0.25, 0.3) is 0 Å². The van der Waals surface area contributed by atoms with E-state index in [4.69, 9.17) is 9.47 Å². The number of hydrogen-bond acceptors (Lipinski definition) is 4. The second kappa shape index (κ2) is 9.62. The van der Waals surface area contributed by atoms with E-state index in [1.807, 2.05) is 26.0 Å². The minimum Gasteiger partial charge on any atom is -0.343 e. The molecule has 0 bridgehead atoms. The summed E-state index contributed by atoms with van der Waals surface area (Å²) in [6.07, 6.45) is 2.95. The Hall–Kier alpha value is -3.84. The van der Waals surface area contributed by atoms with Crippen LogP contribution in [0.4, 0.5) is 0 Å². The van der Waals surface area contributed by atoms with Crippen LogP contribution in [-0.2, 0) is 25.9 Å². The number of sulfone groups is 1. The second-order valence-electron chi connectivity index (χ2n) is 11.5. The second-order valence-corrected chi connectivity index (χ2v) is 13.5. The molecule has 2 aliphatic heterocycles. The Kier molecular flexibility index (Phi) is 6.12. The summed E-state index contributed by atoms with van der Waals surface area (Å²) in [4.78, 5) is 0.292. The molecule has 0 unspecified atom stereocenters. The lowest BCUT2D eigenvalue weighted by atomic mass is 9.88. The Labute approximate surface area is 240 Å². The molecule has 7 rings (SSSR count). The average Bonchev–Trinajstić information content (AvgIpc) is 3.13. The van der Waals surface area contributed by atoms with Crippen LogP contribution in [0, 0.1) is 0 Å². The molecule has 0 aromatic heterocycles. The lowest BCUT2D eigenvalue weighted by Crippen LogP contribution is -2.49. The Bertz CT molecular complexity index is 1980. The number of nitrogens with zero attached hydrogens (tertiary/aromatic N) is 1. The molecular weight excluding hydrogens is 530 g/mol. The van der Waals surface area contributed by atoms with Crippen LogP contribution in [0.3, 0.4) is 0 Å². The SMILES string of the molecule is CC1(C)OC[C@@H]([N+]2=Cc3ccc4ccccc4c3-c3c(ccc4ccccc34)C2)[C@@H](c2ccccc2S(C)(=O)=O)O1. The predicted octanol–water partition coefficient (Wildman–Crippen LogP) is 6.90. The highest BCUT2D eigenvalue weighted by atomic mass is 32.2. The number of fused-ring (bicyclic) bond motifs is 7. The number of ether oxygens (including phenoxy) is 2. The van der Waals surface area contributed by atoms with Gasteiger partial charge in [-0.05, 0) is 47.5 Å². The van der Waals surface area contributed by atoms with Gasteiger partial charge in [0, 0.05) is 34.1 Å². The first kappa shape index (κ1) is 26.1. The van der Waals surface area contributed by atoms with E-state index in [2.05, 4.69) is 83.6 Å². The third-order valence-corrected chi connectivity index (χ3v) is 9.47. The molecule has 206 valence electrons. The highest BCUT2D eigenvalue weighted by molar-refractivity contribution is 7.90. The van der Waals surface area contributed by atoms with Crippen LogP contribution in [0.2, 0.25) is 0 Å². The molecule has 2 heterocycles. The highest BCUT2D eigenvalue weighted by Crippen LogP contribution is 2.42. The fourth-order valence-corrected chi connectivity index (χ4v) is 7.38. The average molecular weight is 563 g/mol. The molecule has 0 aliphatic carbocycles. The molecule has 5 aromatic carbocycles. The number of hydrogen-bond donors (Lipinski definition) is 0. The molecule has 2 aliphatic rings. The topological polar surface area (TPSA) is 55.6 Å². The largest absolute Gasteiger partial charge is 0.343 e. The van der Waals surface area contributed by atoms with Crippen molar-refractivity contribution >= 4 is 37.6 Å². The van der Waals surface area contributed by atoms with Crippen molar-refractivity contribution < 1.29 is 22.5 Å². The van der Waals surface area contributed by atoms with Gasteiger partial charge in [-0.1, -0.05) is 84.9 Å². The Morgan fingerprint density at radius 1 is 0.780 bits per heavy atom. The maximum atomic E-state index is 12.9. The fourth-order valence-electron chi connectivity index (χ4n) is 6.44. The van der Waals surface area contributed by atoms with E-state index >= 15 is 0 Å². The molecule has 0 N–H and O–H groups in total. The first-order valence-corrected chi connectivity index (χ1v) is 15.8. The van der Waals surface area contributed by atoms with Gasteiger partial charge in [-0.25, -0.2) is 13.0 Å². The van der Waals surface area contributed by atoms with Crippen molar-refractivity contribution in [3.05, 3.63) is 114 Å². The maximum Gasteiger partial charge on any atom is 0.206 e. The normalized spacial score (nSPS) is 20.2. The van der Waals surface area contributed by atoms with Gasteiger partial charge >= 0.3 is 0 Å². The van der Waals surface area contributed by atoms with Crippen LogP contribution < -0.4 is 0 Å². The number of rotatable bonds is 3. The van der Waals surface area contributed by atoms with E-state index in [-0.39, 0.29) is 6.04 Å². The highest BCUT2D eigenvalue weighted by Gasteiger charge is 2.45. The summed E-state index contributed by atoms with van der Waals surface area (Å²) in [7, 11) is -3.48. The van der Waals surface area contributed by atoms with E-state index < -0.39 is 21.7 Å². The zero-order chi connectivity index (χ0) is 28.4. The predicted molar refractivity (Wildman–Crippen MR) is 163 cm³/mol. The van der Waals surface area contributed by atoms with Gasteiger partial charge in [0.15, 0.2) is 34.5 Å². The molecule has 5 nitrogen and oxygen atoms in total. The smallest absolute Gasteiger partial charge is 0.206 e. The quantitative estimate of drug-likeness (QED) is 0.225. The van der Waals surface area contributed by atoms with Crippen LogP contribution in [0.5, 0.6) is 0 Å². The van der Waals surface area contributed by atoms with E-state index in [1.54, 1.807) is 12.1 Å². The Balaban J connectivity index is 1.47. The molecule has 1 saturated heterocycles. The van der Waals surface area contributed by atoms with Gasteiger partial charge in [0.2, 0.25) is 6.04 Å². The molecular formula is C35H32NO4S+. The van der Waals surface area contributed by atoms with Gasteiger partial charge in [-0.2, -0.15) is 0 Å². The third kappa shape index (κ3) is 4.56. The summed E-state index contributed by atoms with van der Waals surface area (Å²) in [6, 6.07) is 32.8. The van der Waals surface area contributed by atoms with Crippen LogP contribution in [0.25, 0.3) is 32.7 Å². The number of benzene rings is 5. The minimum absolute atomic E-state index is 0.261. The van der Waals surface area contributed by atoms with Crippen LogP contribution in [0.15, 0.2) is 102 Å². The van der Waals surface area contributed by atoms with E-state index in [1.165, 1.54) is 44.5 Å². The molecule has 1 fully saturated rings. The van der Waals surface area contributed by atoms with Gasteiger partial charge < -0.3 is 9.47 Å². The summed E-state index contributed by atoms with van der Waals surface area (Å²) < 4.78 is 40.8. The molecule has 2 atom stereocenters. The lowest BCUT2D eigenvalue weighted by Gasteiger charge is -2.39. The molecule has 6 heteroatoms. The molecule has 0 radical (unpaired) electrons. The molecule has 0 saturated carbocycles. The van der Waals surface area contributed by atoms with Crippen molar-refractivity contribution in [1.29, 1.82) is 0 Å². The first-order valence-electron chi connectivity index (χ1n) is 13.9. The standard InChI is InChI=1S/C35H32NO4S/c1-35(2)39-22-30(34(40-35)29-14-8-9-15-31(29)41(3,37)38)36-20-25-18-16-23-10-4-6-12-27(23)32(25)33-26(21-36)19-17-24-11-5-7-13-28(24)33/h4-20,30,34H,21-22H2,1-3H3/q+1/t30-,34-/m1/s1. The summed E-state index contributed by atoms with van der Waals surface area (Å²) in [5.74, 6) is -0.861. The Morgan fingerprint density at radius 3 is 2.15 bits per heavy atom. The van der Waals surface area contributed by atoms with E-state index in [0.29, 0.717) is 23.6 Å². The monoisotopic (exact) mass is 562 g/mol. The Morgan fingerprint density at radius 2 is 1.41 bits per heavy atom. The lowest BCUT2D eigenvalue weighted by molar-refractivity contribution is -0.607. The summed E-state index contributed by atoms with van der Waals surface area (Å²) in [5.41, 5.74) is 5.42. The summed E-state index contributed by atoms with van der Waals surface area (Å²) >= 11 is 0. The van der Waals surface area contributed by atoms with Gasteiger partial charge in [-0.15, -0.1) is 0 Å². The third-order valence-electron chi connectivity index (χ3n) is 8.30. The van der Waals surface area contributed by atoms with Crippen molar-refractivity contribution in [1.82, 2.24) is 0 Å². The van der Waals surface area contributed by atoms with E-state index in [0.717, 1.165) is 5.56 Å². The van der Waals surface area contributed by atoms with Crippen LogP contribution in [-0.4, -0.2) is 43.9 Å². The zero-order valence-corrected chi connectivity index (χ0v) is 24.2. The van der Waals surface area contributed by atoms with Crippen LogP contribution >= 0.6 is 0 Å². The van der Waals surface area contributed by atoms with Crippen molar-refractivity contribution in [3.63, 3.8) is 0 Å². The molecule has 41 heavy (non-hydrogen) atoms. The van der Waals surface area contributed by atoms with Gasteiger partial charge in [0.05, 0.1) is 4.90 Å². The van der Waals surface area contributed by atoms with Crippen molar-refractivity contribution in [3.8, 4) is 11.1 Å². The molecule has 5 aromatic rings. The van der Waals surface area contributed by atoms with Gasteiger partial charge in [0.1, 0.15) is 6.61 Å². The summed E-state index contributed by atoms with van der Waals surface area (Å²) in [5, 5.41) is 4.81. The zero-order valence-electron chi connectivity index (χ0n) is 23.4. The molecule has 0 amide bonds. The summed E-state index contributed by atoms with van der Waals surface area (Å²) in [6.45, 7) is 4.78. The van der Waals surface area contributed by atoms with Gasteiger partial charge in [-0.3, -0.25) is 0 Å². The minimum atomic E-state index is -3.48. The van der Waals surface area contributed by atoms with Crippen molar-refractivity contribution in [2.75, 3.05) is 12.9 Å². The van der Waals surface area contributed by atoms with Crippen molar-refractivity contribution in [2.24, 2.45) is 0 Å². The van der Waals surface area contributed by atoms with Crippen molar-refractivity contribution in [2.45, 2.75) is 43.2 Å².